The Morgan fingerprint density at radius 3 is 2.83 bits per heavy atom. The third kappa shape index (κ3) is 5.42. The number of benzene rings is 1. The minimum atomic E-state index is -1.07. The Labute approximate surface area is 140 Å². The van der Waals surface area contributed by atoms with Crippen molar-refractivity contribution >= 4 is 11.9 Å². The monoisotopic (exact) mass is 337 g/mol. The number of hydrogen-bond donors (Lipinski definition) is 2. The van der Waals surface area contributed by atoms with Crippen LogP contribution in [0.15, 0.2) is 18.2 Å². The second kappa shape index (κ2) is 9.12. The molecule has 0 spiro atoms. The van der Waals surface area contributed by atoms with Crippen LogP contribution in [0, 0.1) is 0 Å². The summed E-state index contributed by atoms with van der Waals surface area (Å²) in [5, 5.41) is 11.7. The van der Waals surface area contributed by atoms with Gasteiger partial charge in [-0.05, 0) is 44.4 Å². The Bertz CT molecular complexity index is 566. The van der Waals surface area contributed by atoms with Gasteiger partial charge in [-0.2, -0.15) is 0 Å². The zero-order valence-electron chi connectivity index (χ0n) is 13.7. The number of carbonyl (C=O) groups excluding carboxylic acids is 1. The summed E-state index contributed by atoms with van der Waals surface area (Å²) in [6, 6.07) is 4.82. The number of hydrogen-bond acceptors (Lipinski definition) is 5. The third-order valence-corrected chi connectivity index (χ3v) is 3.64. The van der Waals surface area contributed by atoms with Gasteiger partial charge in [0, 0.05) is 24.8 Å². The van der Waals surface area contributed by atoms with E-state index < -0.39 is 12.6 Å². The topological polar surface area (TPSA) is 94.1 Å². The highest BCUT2D eigenvalue weighted by molar-refractivity contribution is 5.95. The van der Waals surface area contributed by atoms with Crippen molar-refractivity contribution in [2.45, 2.75) is 32.2 Å². The van der Waals surface area contributed by atoms with Crippen molar-refractivity contribution in [1.29, 1.82) is 0 Å². The van der Waals surface area contributed by atoms with E-state index >= 15 is 0 Å². The minimum Gasteiger partial charge on any atom is -0.490 e. The SMILES string of the molecule is CCOc1cc(C(=O)NC2CCCOCC2)ccc1OCC(=O)O. The zero-order valence-corrected chi connectivity index (χ0v) is 13.7. The molecule has 2 rings (SSSR count). The Morgan fingerprint density at radius 1 is 1.25 bits per heavy atom. The lowest BCUT2D eigenvalue weighted by Crippen LogP contribution is -2.35. The molecule has 1 heterocycles. The van der Waals surface area contributed by atoms with Crippen molar-refractivity contribution in [3.8, 4) is 11.5 Å². The maximum Gasteiger partial charge on any atom is 0.341 e. The largest absolute Gasteiger partial charge is 0.490 e. The van der Waals surface area contributed by atoms with Gasteiger partial charge in [0.2, 0.25) is 0 Å². The van der Waals surface area contributed by atoms with Crippen molar-refractivity contribution < 1.29 is 28.9 Å². The standard InChI is InChI=1S/C17H23NO6/c1-2-23-15-10-12(5-6-14(15)24-11-16(19)20)17(21)18-13-4-3-8-22-9-7-13/h5-6,10,13H,2-4,7-9,11H2,1H3,(H,18,21)(H,19,20). The molecule has 2 N–H and O–H groups in total. The molecule has 0 aromatic heterocycles. The molecular weight excluding hydrogens is 314 g/mol. The minimum absolute atomic E-state index is 0.0958. The number of carbonyl (C=O) groups is 2. The van der Waals surface area contributed by atoms with Gasteiger partial charge in [-0.15, -0.1) is 0 Å². The second-order valence-electron chi connectivity index (χ2n) is 5.49. The van der Waals surface area contributed by atoms with E-state index in [1.54, 1.807) is 25.1 Å². The predicted octanol–water partition coefficient (Wildman–Crippen LogP) is 1.85. The summed E-state index contributed by atoms with van der Waals surface area (Å²) in [5.74, 6) is -0.600. The van der Waals surface area contributed by atoms with Crippen LogP contribution in [0.5, 0.6) is 11.5 Å². The summed E-state index contributed by atoms with van der Waals surface area (Å²) >= 11 is 0. The maximum atomic E-state index is 12.4. The van der Waals surface area contributed by atoms with Crippen LogP contribution < -0.4 is 14.8 Å². The summed E-state index contributed by atoms with van der Waals surface area (Å²) in [7, 11) is 0. The van der Waals surface area contributed by atoms with Gasteiger partial charge in [-0.25, -0.2) is 4.79 Å². The van der Waals surface area contributed by atoms with E-state index in [0.717, 1.165) is 25.9 Å². The van der Waals surface area contributed by atoms with Gasteiger partial charge >= 0.3 is 5.97 Å². The van der Waals surface area contributed by atoms with Crippen LogP contribution in [0.4, 0.5) is 0 Å². The van der Waals surface area contributed by atoms with Gasteiger partial charge in [0.15, 0.2) is 18.1 Å². The number of carboxylic acids is 1. The molecule has 1 unspecified atom stereocenters. The second-order valence-corrected chi connectivity index (χ2v) is 5.49. The van der Waals surface area contributed by atoms with Gasteiger partial charge < -0.3 is 24.6 Å². The van der Waals surface area contributed by atoms with Gasteiger partial charge in [-0.3, -0.25) is 4.79 Å². The molecule has 132 valence electrons. The zero-order chi connectivity index (χ0) is 17.4. The number of aliphatic carboxylic acids is 1. The number of ether oxygens (including phenoxy) is 3. The average molecular weight is 337 g/mol. The van der Waals surface area contributed by atoms with Crippen LogP contribution in [0.25, 0.3) is 0 Å². The van der Waals surface area contributed by atoms with E-state index in [-0.39, 0.29) is 11.9 Å². The molecule has 1 amide bonds. The Hall–Kier alpha value is -2.28. The molecule has 1 aromatic rings. The van der Waals surface area contributed by atoms with Gasteiger partial charge in [-0.1, -0.05) is 0 Å². The smallest absolute Gasteiger partial charge is 0.341 e. The predicted molar refractivity (Wildman–Crippen MR) is 86.7 cm³/mol. The fraction of sp³-hybridized carbons (Fsp3) is 0.529. The van der Waals surface area contributed by atoms with Crippen molar-refractivity contribution in [2.75, 3.05) is 26.4 Å². The number of carboxylic acid groups (broad SMARTS) is 1. The van der Waals surface area contributed by atoms with E-state index in [4.69, 9.17) is 19.3 Å². The summed E-state index contributed by atoms with van der Waals surface area (Å²) in [6.07, 6.45) is 2.62. The lowest BCUT2D eigenvalue weighted by Gasteiger charge is -2.17. The molecule has 1 atom stereocenters. The molecule has 0 saturated carbocycles. The molecular formula is C17H23NO6. The van der Waals surface area contributed by atoms with Crippen LogP contribution in [0.3, 0.4) is 0 Å². The molecule has 1 fully saturated rings. The highest BCUT2D eigenvalue weighted by Crippen LogP contribution is 2.28. The number of amides is 1. The molecule has 1 aliphatic rings. The molecule has 0 bridgehead atoms. The highest BCUT2D eigenvalue weighted by atomic mass is 16.5. The molecule has 7 nitrogen and oxygen atoms in total. The quantitative estimate of drug-likeness (QED) is 0.788. The van der Waals surface area contributed by atoms with E-state index in [2.05, 4.69) is 5.32 Å². The lowest BCUT2D eigenvalue weighted by atomic mass is 10.1. The van der Waals surface area contributed by atoms with E-state index in [0.29, 0.717) is 30.3 Å². The molecule has 7 heteroatoms. The van der Waals surface area contributed by atoms with E-state index in [1.807, 2.05) is 0 Å². The first-order valence-electron chi connectivity index (χ1n) is 8.10. The molecule has 0 radical (unpaired) electrons. The van der Waals surface area contributed by atoms with Crippen LogP contribution in [0.2, 0.25) is 0 Å². The van der Waals surface area contributed by atoms with Crippen LogP contribution in [0.1, 0.15) is 36.5 Å². The first-order chi connectivity index (χ1) is 11.6. The summed E-state index contributed by atoms with van der Waals surface area (Å²) in [5.41, 5.74) is 0.450. The highest BCUT2D eigenvalue weighted by Gasteiger charge is 2.18. The van der Waals surface area contributed by atoms with Crippen LogP contribution >= 0.6 is 0 Å². The summed E-state index contributed by atoms with van der Waals surface area (Å²) in [4.78, 5) is 23.0. The maximum absolute atomic E-state index is 12.4. The molecule has 1 aromatic carbocycles. The fourth-order valence-electron chi connectivity index (χ4n) is 2.49. The van der Waals surface area contributed by atoms with Crippen molar-refractivity contribution in [1.82, 2.24) is 5.32 Å². The van der Waals surface area contributed by atoms with Crippen molar-refractivity contribution in [3.63, 3.8) is 0 Å². The average Bonchev–Trinajstić information content (AvgIpc) is 2.82. The molecule has 1 aliphatic heterocycles. The summed E-state index contributed by atoms with van der Waals surface area (Å²) < 4.78 is 16.0. The Balaban J connectivity index is 2.06. The normalized spacial score (nSPS) is 17.6. The first-order valence-corrected chi connectivity index (χ1v) is 8.10. The number of nitrogens with one attached hydrogen (secondary N) is 1. The van der Waals surface area contributed by atoms with Gasteiger partial charge in [0.1, 0.15) is 0 Å². The van der Waals surface area contributed by atoms with Crippen molar-refractivity contribution in [2.24, 2.45) is 0 Å². The van der Waals surface area contributed by atoms with E-state index in [1.165, 1.54) is 0 Å². The molecule has 1 saturated heterocycles. The fourth-order valence-corrected chi connectivity index (χ4v) is 2.49. The first kappa shape index (κ1) is 18.1. The number of rotatable bonds is 7. The molecule has 0 aliphatic carbocycles. The third-order valence-electron chi connectivity index (χ3n) is 3.64. The van der Waals surface area contributed by atoms with Crippen LogP contribution in [-0.2, 0) is 9.53 Å². The van der Waals surface area contributed by atoms with Gasteiger partial charge in [0.25, 0.3) is 5.91 Å². The summed E-state index contributed by atoms with van der Waals surface area (Å²) in [6.45, 7) is 3.11. The lowest BCUT2D eigenvalue weighted by molar-refractivity contribution is -0.139. The Morgan fingerprint density at radius 2 is 2.08 bits per heavy atom. The van der Waals surface area contributed by atoms with Crippen LogP contribution in [-0.4, -0.2) is 49.5 Å². The molecule has 24 heavy (non-hydrogen) atoms. The van der Waals surface area contributed by atoms with E-state index in [9.17, 15) is 9.59 Å². The van der Waals surface area contributed by atoms with Crippen molar-refractivity contribution in [3.05, 3.63) is 23.8 Å². The van der Waals surface area contributed by atoms with Gasteiger partial charge in [0.05, 0.1) is 6.61 Å². The Kier molecular flexibility index (Phi) is 6.87.